The first kappa shape index (κ1) is 17.8. The van der Waals surface area contributed by atoms with E-state index in [0.717, 1.165) is 16.5 Å². The smallest absolute Gasteiger partial charge is 0.258 e. The summed E-state index contributed by atoms with van der Waals surface area (Å²) in [6, 6.07) is 13.0. The van der Waals surface area contributed by atoms with E-state index < -0.39 is 6.10 Å². The summed E-state index contributed by atoms with van der Waals surface area (Å²) in [4.78, 5) is 12.6. The number of hydrogen-bond donors (Lipinski definition) is 2. The molecule has 3 aromatic rings. The van der Waals surface area contributed by atoms with E-state index in [-0.39, 0.29) is 12.5 Å². The standard InChI is InChI=1S/C20H22N2O4/c1-22-12-14(13-7-4-5-8-15(13)22)16(23)11-21-20(24)19-17(25-2)9-6-10-18(19)26-3/h4-10,12,16,23H,11H2,1-3H3,(H,21,24). The molecule has 26 heavy (non-hydrogen) atoms. The van der Waals surface area contributed by atoms with Crippen LogP contribution in [-0.4, -0.2) is 36.3 Å². The second kappa shape index (κ2) is 7.49. The Labute approximate surface area is 152 Å². The van der Waals surface area contributed by atoms with Crippen LogP contribution in [-0.2, 0) is 7.05 Å². The van der Waals surface area contributed by atoms with Crippen LogP contribution in [0.1, 0.15) is 22.0 Å². The Bertz CT molecular complexity index is 910. The highest BCUT2D eigenvalue weighted by Crippen LogP contribution is 2.29. The second-order valence-corrected chi connectivity index (χ2v) is 5.98. The minimum atomic E-state index is -0.828. The van der Waals surface area contributed by atoms with Gasteiger partial charge < -0.3 is 24.5 Å². The number of aliphatic hydroxyl groups excluding tert-OH is 1. The Morgan fingerprint density at radius 1 is 1.12 bits per heavy atom. The van der Waals surface area contributed by atoms with Crippen LogP contribution < -0.4 is 14.8 Å². The zero-order valence-corrected chi connectivity index (χ0v) is 15.0. The number of carbonyl (C=O) groups excluding carboxylic acids is 1. The Morgan fingerprint density at radius 3 is 2.42 bits per heavy atom. The zero-order chi connectivity index (χ0) is 18.7. The van der Waals surface area contributed by atoms with Crippen LogP contribution in [0.15, 0.2) is 48.7 Å². The molecule has 2 aromatic carbocycles. The maximum Gasteiger partial charge on any atom is 0.258 e. The molecule has 0 aliphatic rings. The molecule has 1 aromatic heterocycles. The largest absolute Gasteiger partial charge is 0.496 e. The summed E-state index contributed by atoms with van der Waals surface area (Å²) >= 11 is 0. The number of ether oxygens (including phenoxy) is 2. The van der Waals surface area contributed by atoms with Crippen LogP contribution in [0.5, 0.6) is 11.5 Å². The molecule has 1 unspecified atom stereocenters. The van der Waals surface area contributed by atoms with Gasteiger partial charge in [-0.2, -0.15) is 0 Å². The Hall–Kier alpha value is -2.99. The number of aliphatic hydroxyl groups is 1. The number of nitrogens with one attached hydrogen (secondary N) is 1. The molecule has 6 nitrogen and oxygen atoms in total. The summed E-state index contributed by atoms with van der Waals surface area (Å²) in [5, 5.41) is 14.3. The van der Waals surface area contributed by atoms with E-state index in [4.69, 9.17) is 9.47 Å². The highest BCUT2D eigenvalue weighted by molar-refractivity contribution is 5.99. The molecule has 1 amide bonds. The predicted octanol–water partition coefficient (Wildman–Crippen LogP) is 2.66. The quantitative estimate of drug-likeness (QED) is 0.714. The number of carbonyl (C=O) groups is 1. The van der Waals surface area contributed by atoms with Crippen LogP contribution in [0.25, 0.3) is 10.9 Å². The van der Waals surface area contributed by atoms with Gasteiger partial charge in [-0.05, 0) is 18.2 Å². The van der Waals surface area contributed by atoms with E-state index in [0.29, 0.717) is 17.1 Å². The lowest BCUT2D eigenvalue weighted by molar-refractivity contribution is 0.0910. The van der Waals surface area contributed by atoms with Gasteiger partial charge in [-0.3, -0.25) is 4.79 Å². The molecular formula is C20H22N2O4. The highest BCUT2D eigenvalue weighted by atomic mass is 16.5. The molecule has 0 saturated carbocycles. The van der Waals surface area contributed by atoms with Gasteiger partial charge in [0.25, 0.3) is 5.91 Å². The number of benzene rings is 2. The van der Waals surface area contributed by atoms with Crippen molar-refractivity contribution < 1.29 is 19.4 Å². The normalized spacial score (nSPS) is 12.0. The maximum absolute atomic E-state index is 12.6. The fourth-order valence-corrected chi connectivity index (χ4v) is 3.10. The molecule has 0 fully saturated rings. The van der Waals surface area contributed by atoms with Gasteiger partial charge in [0.1, 0.15) is 17.1 Å². The number of aromatic nitrogens is 1. The number of amides is 1. The molecule has 0 aliphatic carbocycles. The number of nitrogens with zero attached hydrogens (tertiary/aromatic N) is 1. The molecule has 1 atom stereocenters. The number of rotatable bonds is 6. The van der Waals surface area contributed by atoms with Gasteiger partial charge in [0.05, 0.1) is 20.3 Å². The van der Waals surface area contributed by atoms with E-state index in [1.165, 1.54) is 14.2 Å². The molecule has 0 radical (unpaired) electrons. The molecule has 0 aliphatic heterocycles. The van der Waals surface area contributed by atoms with Crippen molar-refractivity contribution >= 4 is 16.8 Å². The molecule has 1 heterocycles. The van der Waals surface area contributed by atoms with E-state index in [1.54, 1.807) is 18.2 Å². The first-order valence-electron chi connectivity index (χ1n) is 8.28. The van der Waals surface area contributed by atoms with Gasteiger partial charge >= 0.3 is 0 Å². The van der Waals surface area contributed by atoms with Crippen molar-refractivity contribution in [2.45, 2.75) is 6.10 Å². The third-order valence-corrected chi connectivity index (χ3v) is 4.40. The van der Waals surface area contributed by atoms with Crippen molar-refractivity contribution in [3.8, 4) is 11.5 Å². The van der Waals surface area contributed by atoms with Crippen LogP contribution in [0.3, 0.4) is 0 Å². The summed E-state index contributed by atoms with van der Waals surface area (Å²) in [6.07, 6.45) is 1.05. The lowest BCUT2D eigenvalue weighted by Crippen LogP contribution is -2.29. The molecule has 136 valence electrons. The molecule has 6 heteroatoms. The monoisotopic (exact) mass is 354 g/mol. The Morgan fingerprint density at radius 2 is 1.77 bits per heavy atom. The van der Waals surface area contributed by atoms with Crippen molar-refractivity contribution in [2.24, 2.45) is 7.05 Å². The summed E-state index contributed by atoms with van der Waals surface area (Å²) in [6.45, 7) is 0.0774. The second-order valence-electron chi connectivity index (χ2n) is 5.98. The van der Waals surface area contributed by atoms with Crippen LogP contribution in [0.2, 0.25) is 0 Å². The fourth-order valence-electron chi connectivity index (χ4n) is 3.10. The summed E-state index contributed by atoms with van der Waals surface area (Å²) in [7, 11) is 4.92. The molecule has 0 spiro atoms. The number of fused-ring (bicyclic) bond motifs is 1. The third kappa shape index (κ3) is 3.23. The average Bonchev–Trinajstić information content (AvgIpc) is 3.02. The minimum Gasteiger partial charge on any atom is -0.496 e. The number of methoxy groups -OCH3 is 2. The van der Waals surface area contributed by atoms with Gasteiger partial charge in [-0.1, -0.05) is 24.3 Å². The van der Waals surface area contributed by atoms with Gasteiger partial charge in [-0.15, -0.1) is 0 Å². The first-order chi connectivity index (χ1) is 12.6. The van der Waals surface area contributed by atoms with Crippen LogP contribution in [0.4, 0.5) is 0 Å². The van der Waals surface area contributed by atoms with Crippen LogP contribution >= 0.6 is 0 Å². The Kier molecular flexibility index (Phi) is 5.14. The average molecular weight is 354 g/mol. The van der Waals surface area contributed by atoms with Crippen molar-refractivity contribution in [1.29, 1.82) is 0 Å². The van der Waals surface area contributed by atoms with E-state index in [2.05, 4.69) is 5.32 Å². The SMILES string of the molecule is COc1cccc(OC)c1C(=O)NCC(O)c1cn(C)c2ccccc12. The van der Waals surface area contributed by atoms with E-state index in [1.807, 2.05) is 42.1 Å². The minimum absolute atomic E-state index is 0.0774. The van der Waals surface area contributed by atoms with E-state index >= 15 is 0 Å². The lowest BCUT2D eigenvalue weighted by atomic mass is 10.1. The number of aryl methyl sites for hydroxylation is 1. The Balaban J connectivity index is 1.80. The summed E-state index contributed by atoms with van der Waals surface area (Å²) < 4.78 is 12.5. The number of para-hydroxylation sites is 1. The summed E-state index contributed by atoms with van der Waals surface area (Å²) in [5.74, 6) is 0.474. The predicted molar refractivity (Wildman–Crippen MR) is 99.8 cm³/mol. The fraction of sp³-hybridized carbons (Fsp3) is 0.250. The molecular weight excluding hydrogens is 332 g/mol. The van der Waals surface area contributed by atoms with Crippen molar-refractivity contribution in [1.82, 2.24) is 9.88 Å². The molecule has 0 bridgehead atoms. The molecule has 2 N–H and O–H groups in total. The highest BCUT2D eigenvalue weighted by Gasteiger charge is 2.20. The number of hydrogen-bond acceptors (Lipinski definition) is 4. The van der Waals surface area contributed by atoms with Gasteiger partial charge in [0.15, 0.2) is 0 Å². The lowest BCUT2D eigenvalue weighted by Gasteiger charge is -2.15. The molecule has 3 rings (SSSR count). The van der Waals surface area contributed by atoms with Crippen molar-refractivity contribution in [3.05, 3.63) is 59.8 Å². The van der Waals surface area contributed by atoms with Crippen LogP contribution in [0, 0.1) is 0 Å². The van der Waals surface area contributed by atoms with E-state index in [9.17, 15) is 9.90 Å². The summed E-state index contributed by atoms with van der Waals surface area (Å²) in [5.41, 5.74) is 2.11. The first-order valence-corrected chi connectivity index (χ1v) is 8.28. The zero-order valence-electron chi connectivity index (χ0n) is 15.0. The maximum atomic E-state index is 12.6. The topological polar surface area (TPSA) is 72.7 Å². The van der Waals surface area contributed by atoms with Crippen molar-refractivity contribution in [2.75, 3.05) is 20.8 Å². The molecule has 0 saturated heterocycles. The van der Waals surface area contributed by atoms with Gasteiger partial charge in [0.2, 0.25) is 0 Å². The third-order valence-electron chi connectivity index (χ3n) is 4.40. The van der Waals surface area contributed by atoms with Gasteiger partial charge in [0, 0.05) is 36.3 Å². The van der Waals surface area contributed by atoms with Crippen molar-refractivity contribution in [3.63, 3.8) is 0 Å². The van der Waals surface area contributed by atoms with Gasteiger partial charge in [-0.25, -0.2) is 0 Å².